The molecule has 0 saturated heterocycles. The van der Waals surface area contributed by atoms with Crippen molar-refractivity contribution < 1.29 is 9.18 Å². The SMILES string of the molecule is Cc1nc(C(N)=O)nn1-c1ccc(F)cc1. The van der Waals surface area contributed by atoms with Gasteiger partial charge in [-0.1, -0.05) is 0 Å². The summed E-state index contributed by atoms with van der Waals surface area (Å²) in [6.07, 6.45) is 0. The Kier molecular flexibility index (Phi) is 2.40. The summed E-state index contributed by atoms with van der Waals surface area (Å²) in [5, 5.41) is 3.92. The highest BCUT2D eigenvalue weighted by atomic mass is 19.1. The van der Waals surface area contributed by atoms with Crippen molar-refractivity contribution in [2.24, 2.45) is 5.73 Å². The van der Waals surface area contributed by atoms with Gasteiger partial charge in [-0.15, -0.1) is 5.10 Å². The molecule has 0 aliphatic carbocycles. The van der Waals surface area contributed by atoms with E-state index >= 15 is 0 Å². The number of nitrogens with two attached hydrogens (primary N) is 1. The molecule has 5 nitrogen and oxygen atoms in total. The Morgan fingerprint density at radius 1 is 1.38 bits per heavy atom. The monoisotopic (exact) mass is 220 g/mol. The van der Waals surface area contributed by atoms with E-state index in [1.807, 2.05) is 0 Å². The van der Waals surface area contributed by atoms with Crippen molar-refractivity contribution in [2.45, 2.75) is 6.92 Å². The summed E-state index contributed by atoms with van der Waals surface area (Å²) < 4.78 is 14.1. The molecule has 0 aliphatic rings. The van der Waals surface area contributed by atoms with Gasteiger partial charge < -0.3 is 5.73 Å². The highest BCUT2D eigenvalue weighted by Crippen LogP contribution is 2.10. The fourth-order valence-corrected chi connectivity index (χ4v) is 1.32. The Morgan fingerprint density at radius 3 is 2.50 bits per heavy atom. The Balaban J connectivity index is 2.47. The second-order valence-electron chi connectivity index (χ2n) is 3.24. The molecular weight excluding hydrogens is 211 g/mol. The largest absolute Gasteiger partial charge is 0.363 e. The molecule has 0 spiro atoms. The van der Waals surface area contributed by atoms with E-state index in [9.17, 15) is 9.18 Å². The van der Waals surface area contributed by atoms with Crippen molar-refractivity contribution in [3.8, 4) is 5.69 Å². The number of carbonyl (C=O) groups excluding carboxylic acids is 1. The van der Waals surface area contributed by atoms with Crippen LogP contribution in [-0.2, 0) is 0 Å². The predicted octanol–water partition coefficient (Wildman–Crippen LogP) is 0.814. The van der Waals surface area contributed by atoms with Crippen molar-refractivity contribution >= 4 is 5.91 Å². The van der Waals surface area contributed by atoms with Crippen LogP contribution in [0.3, 0.4) is 0 Å². The van der Waals surface area contributed by atoms with E-state index in [-0.39, 0.29) is 11.6 Å². The Labute approximate surface area is 90.7 Å². The summed E-state index contributed by atoms with van der Waals surface area (Å²) >= 11 is 0. The fourth-order valence-electron chi connectivity index (χ4n) is 1.32. The number of aromatic nitrogens is 3. The van der Waals surface area contributed by atoms with Gasteiger partial charge in [-0.25, -0.2) is 14.1 Å². The number of aryl methyl sites for hydroxylation is 1. The van der Waals surface area contributed by atoms with Crippen molar-refractivity contribution in [3.63, 3.8) is 0 Å². The zero-order valence-electron chi connectivity index (χ0n) is 8.51. The number of nitrogens with zero attached hydrogens (tertiary/aromatic N) is 3. The molecule has 0 atom stereocenters. The first-order valence-electron chi connectivity index (χ1n) is 4.57. The molecule has 6 heteroatoms. The maximum absolute atomic E-state index is 12.7. The number of halogens is 1. The zero-order valence-corrected chi connectivity index (χ0v) is 8.51. The number of amides is 1. The molecule has 1 heterocycles. The number of carbonyl (C=O) groups is 1. The Morgan fingerprint density at radius 2 is 2.00 bits per heavy atom. The predicted molar refractivity (Wildman–Crippen MR) is 54.6 cm³/mol. The number of hydrogen-bond donors (Lipinski definition) is 1. The number of hydrogen-bond acceptors (Lipinski definition) is 3. The molecule has 1 aromatic carbocycles. The van der Waals surface area contributed by atoms with Crippen molar-refractivity contribution in [1.29, 1.82) is 0 Å². The summed E-state index contributed by atoms with van der Waals surface area (Å²) in [7, 11) is 0. The normalized spacial score (nSPS) is 10.4. The summed E-state index contributed by atoms with van der Waals surface area (Å²) in [5.74, 6) is -0.567. The van der Waals surface area contributed by atoms with Crippen LogP contribution in [0.4, 0.5) is 4.39 Å². The molecule has 1 amide bonds. The van der Waals surface area contributed by atoms with Gasteiger partial charge in [0.2, 0.25) is 5.82 Å². The lowest BCUT2D eigenvalue weighted by Gasteiger charge is -2.01. The van der Waals surface area contributed by atoms with Crippen LogP contribution >= 0.6 is 0 Å². The van der Waals surface area contributed by atoms with Crippen LogP contribution in [0, 0.1) is 12.7 Å². The average molecular weight is 220 g/mol. The van der Waals surface area contributed by atoms with E-state index in [4.69, 9.17) is 5.73 Å². The van der Waals surface area contributed by atoms with E-state index < -0.39 is 5.91 Å². The smallest absolute Gasteiger partial charge is 0.288 e. The maximum Gasteiger partial charge on any atom is 0.288 e. The highest BCUT2D eigenvalue weighted by Gasteiger charge is 2.11. The van der Waals surface area contributed by atoms with E-state index in [0.717, 1.165) is 0 Å². The molecule has 1 aromatic heterocycles. The highest BCUT2D eigenvalue weighted by molar-refractivity contribution is 5.88. The summed E-state index contributed by atoms with van der Waals surface area (Å²) in [6.45, 7) is 1.68. The first kappa shape index (κ1) is 10.3. The molecule has 0 aliphatic heterocycles. The van der Waals surface area contributed by atoms with Gasteiger partial charge in [0.05, 0.1) is 5.69 Å². The standard InChI is InChI=1S/C10H9FN4O/c1-6-13-10(9(12)16)14-15(6)8-4-2-7(11)3-5-8/h2-5H,1H3,(H2,12,16). The second kappa shape index (κ2) is 3.73. The van der Waals surface area contributed by atoms with Gasteiger partial charge in [0.15, 0.2) is 0 Å². The molecule has 2 rings (SSSR count). The molecule has 16 heavy (non-hydrogen) atoms. The third-order valence-corrected chi connectivity index (χ3v) is 2.06. The molecular formula is C10H9FN4O. The quantitative estimate of drug-likeness (QED) is 0.813. The van der Waals surface area contributed by atoms with Gasteiger partial charge in [0.25, 0.3) is 5.91 Å². The minimum Gasteiger partial charge on any atom is -0.363 e. The Hall–Kier alpha value is -2.24. The van der Waals surface area contributed by atoms with Gasteiger partial charge in [0, 0.05) is 0 Å². The van der Waals surface area contributed by atoms with Crippen LogP contribution in [0.25, 0.3) is 5.69 Å². The minimum atomic E-state index is -0.691. The third kappa shape index (κ3) is 1.77. The zero-order chi connectivity index (χ0) is 11.7. The van der Waals surface area contributed by atoms with Crippen LogP contribution in [0.15, 0.2) is 24.3 Å². The van der Waals surface area contributed by atoms with Crippen molar-refractivity contribution in [1.82, 2.24) is 14.8 Å². The number of benzene rings is 1. The van der Waals surface area contributed by atoms with Crippen LogP contribution in [0.5, 0.6) is 0 Å². The average Bonchev–Trinajstić information content (AvgIpc) is 2.62. The summed E-state index contributed by atoms with van der Waals surface area (Å²) in [5.41, 5.74) is 5.68. The van der Waals surface area contributed by atoms with Gasteiger partial charge in [-0.2, -0.15) is 0 Å². The summed E-state index contributed by atoms with van der Waals surface area (Å²) in [6, 6.07) is 5.70. The van der Waals surface area contributed by atoms with Gasteiger partial charge >= 0.3 is 0 Å². The van der Waals surface area contributed by atoms with E-state index in [1.165, 1.54) is 16.8 Å². The molecule has 0 radical (unpaired) electrons. The first-order chi connectivity index (χ1) is 7.58. The number of rotatable bonds is 2. The summed E-state index contributed by atoms with van der Waals surface area (Å²) in [4.78, 5) is 14.8. The molecule has 0 fully saturated rings. The lowest BCUT2D eigenvalue weighted by Crippen LogP contribution is -2.13. The van der Waals surface area contributed by atoms with Crippen LogP contribution < -0.4 is 5.73 Å². The first-order valence-corrected chi connectivity index (χ1v) is 4.57. The van der Waals surface area contributed by atoms with Crippen LogP contribution in [0.2, 0.25) is 0 Å². The molecule has 2 N–H and O–H groups in total. The van der Waals surface area contributed by atoms with Gasteiger partial charge in [-0.3, -0.25) is 4.79 Å². The Bertz CT molecular complexity index is 532. The van der Waals surface area contributed by atoms with Crippen LogP contribution in [-0.4, -0.2) is 20.7 Å². The lowest BCUT2D eigenvalue weighted by atomic mass is 10.3. The van der Waals surface area contributed by atoms with Crippen molar-refractivity contribution in [2.75, 3.05) is 0 Å². The molecule has 82 valence electrons. The maximum atomic E-state index is 12.7. The molecule has 2 aromatic rings. The van der Waals surface area contributed by atoms with E-state index in [1.54, 1.807) is 19.1 Å². The molecule has 0 unspecified atom stereocenters. The third-order valence-electron chi connectivity index (χ3n) is 2.06. The fraction of sp³-hybridized carbons (Fsp3) is 0.100. The van der Waals surface area contributed by atoms with E-state index in [0.29, 0.717) is 11.5 Å². The molecule has 0 saturated carbocycles. The van der Waals surface area contributed by atoms with E-state index in [2.05, 4.69) is 10.1 Å². The van der Waals surface area contributed by atoms with Gasteiger partial charge in [0.1, 0.15) is 11.6 Å². The second-order valence-corrected chi connectivity index (χ2v) is 3.24. The van der Waals surface area contributed by atoms with Crippen LogP contribution in [0.1, 0.15) is 16.4 Å². The molecule has 0 bridgehead atoms. The minimum absolute atomic E-state index is 0.0539. The topological polar surface area (TPSA) is 73.8 Å². The van der Waals surface area contributed by atoms with Crippen molar-refractivity contribution in [3.05, 3.63) is 41.7 Å². The lowest BCUT2D eigenvalue weighted by molar-refractivity contribution is 0.0990. The van der Waals surface area contributed by atoms with Gasteiger partial charge in [-0.05, 0) is 31.2 Å². The number of primary amides is 1.